The number of nitrogens with one attached hydrogen (secondary N) is 1. The molecule has 1 atom stereocenters. The number of carbonyl (C=O) groups excluding carboxylic acids is 2. The van der Waals surface area contributed by atoms with Crippen molar-refractivity contribution in [2.75, 3.05) is 48.9 Å². The first-order chi connectivity index (χ1) is 16.8. The van der Waals surface area contributed by atoms with Gasteiger partial charge in [-0.3, -0.25) is 9.69 Å². The molecule has 2 saturated heterocycles. The van der Waals surface area contributed by atoms with Gasteiger partial charge >= 0.3 is 6.09 Å². The molecule has 0 aromatic heterocycles. The van der Waals surface area contributed by atoms with Crippen LogP contribution in [0, 0.1) is 5.82 Å². The fourth-order valence-corrected chi connectivity index (χ4v) is 1.78. The van der Waals surface area contributed by atoms with Crippen molar-refractivity contribution in [2.24, 2.45) is 0 Å². The van der Waals surface area contributed by atoms with Crippen LogP contribution in [0.1, 0.15) is 24.7 Å². The summed E-state index contributed by atoms with van der Waals surface area (Å²) in [5.74, 6) is -2.88. The Bertz CT molecular complexity index is 1160. The number of anilines is 2. The van der Waals surface area contributed by atoms with E-state index in [0.717, 1.165) is 6.92 Å². The molecular weight excluding hydrogens is 317 g/mol. The molecule has 0 saturated carbocycles. The van der Waals surface area contributed by atoms with Crippen molar-refractivity contribution in [3.05, 3.63) is 24.0 Å². The van der Waals surface area contributed by atoms with E-state index in [1.165, 1.54) is 0 Å². The van der Waals surface area contributed by atoms with E-state index >= 15 is 4.39 Å². The zero-order chi connectivity index (χ0) is 29.7. The summed E-state index contributed by atoms with van der Waals surface area (Å²) in [6, 6.07) is 1.62. The first-order valence-electron chi connectivity index (χ1n) is 13.4. The van der Waals surface area contributed by atoms with Crippen molar-refractivity contribution in [1.82, 2.24) is 5.31 Å². The Morgan fingerprint density at radius 2 is 2.33 bits per heavy atom. The Kier molecular flexibility index (Phi) is 1.91. The molecule has 0 spiro atoms. The lowest BCUT2D eigenvalue weighted by Gasteiger charge is -2.29. The van der Waals surface area contributed by atoms with Crippen LogP contribution in [0.25, 0.3) is 0 Å². The second-order valence-electron chi connectivity index (χ2n) is 4.39. The van der Waals surface area contributed by atoms with E-state index in [4.69, 9.17) is 19.2 Å². The fraction of sp³-hybridized carbons (Fsp3) is 0.500. The Labute approximate surface area is 159 Å². The van der Waals surface area contributed by atoms with Crippen LogP contribution in [0.5, 0.6) is 0 Å². The monoisotopic (exact) mass is 351 g/mol. The van der Waals surface area contributed by atoms with Gasteiger partial charge in [0.2, 0.25) is 5.91 Å². The maximum atomic E-state index is 15.4. The van der Waals surface area contributed by atoms with Gasteiger partial charge < -0.3 is 19.7 Å². The Balaban J connectivity index is 2.13. The van der Waals surface area contributed by atoms with Gasteiger partial charge in [0.1, 0.15) is 11.9 Å². The van der Waals surface area contributed by atoms with E-state index in [0.29, 0.717) is 18.2 Å². The van der Waals surface area contributed by atoms with Gasteiger partial charge in [-0.1, -0.05) is 0 Å². The summed E-state index contributed by atoms with van der Waals surface area (Å²) in [7, 11) is 0. The average Bonchev–Trinajstić information content (AvgIpc) is 2.91. The standard InChI is InChI=1S/C16H20FN3O4/c1-11(21)18-9-13-10-20(16(22)24-13)12-2-3-15(14(17)8-12)19-4-6-23-7-5-19/h2-3,8,13H,4-7,9-10H2,1H3,(H,18,21)/t13-/m0/s1/i4D2,5D2,6D2,7D2,9D2,10D2,13D/hD. The van der Waals surface area contributed by atoms with Gasteiger partial charge in [-0.25, -0.2) is 9.18 Å². The normalized spacial score (nSPS) is 43.7. The van der Waals surface area contributed by atoms with Crippen LogP contribution in [0.3, 0.4) is 0 Å². The number of cyclic esters (lactones) is 1. The van der Waals surface area contributed by atoms with Gasteiger partial charge in [-0.05, 0) is 18.2 Å². The summed E-state index contributed by atoms with van der Waals surface area (Å²) < 4.78 is 135. The van der Waals surface area contributed by atoms with E-state index in [2.05, 4.69) is 9.47 Å². The minimum Gasteiger partial charge on any atom is -0.442 e. The first-order valence-corrected chi connectivity index (χ1v) is 6.44. The van der Waals surface area contributed by atoms with Crippen LogP contribution < -0.4 is 15.1 Å². The zero-order valence-corrected chi connectivity index (χ0v) is 12.1. The Morgan fingerprint density at radius 1 is 1.58 bits per heavy atom. The van der Waals surface area contributed by atoms with Crippen LogP contribution in [-0.4, -0.2) is 57.2 Å². The molecule has 0 unspecified atom stereocenters. The lowest BCUT2D eigenvalue weighted by Crippen LogP contribution is -2.36. The SMILES string of the molecule is [2H]N(C(C)=O)C([2H])([2H])[C@]1([2H])OC(=O)N(c2ccc(N3C([2H])([2H])C([2H])([2H])OC([2H])([2H])C3([2H])[2H])c(F)c2)C1([2H])[2H]. The summed E-state index contributed by atoms with van der Waals surface area (Å²) in [5, 5.41) is -0.414. The smallest absolute Gasteiger partial charge is 0.414 e. The topological polar surface area (TPSA) is 71.1 Å². The predicted molar refractivity (Wildman–Crippen MR) is 85.7 cm³/mol. The molecule has 3 rings (SSSR count). The summed E-state index contributed by atoms with van der Waals surface area (Å²) in [6.07, 6.45) is -5.31. The molecule has 2 amide bonds. The third kappa shape index (κ3) is 3.59. The molecule has 1 N–H and O–H groups in total. The van der Waals surface area contributed by atoms with Gasteiger partial charge in [0, 0.05) is 19.9 Å². The lowest BCUT2D eigenvalue weighted by atomic mass is 10.2. The quantitative estimate of drug-likeness (QED) is 0.880. The molecule has 0 bridgehead atoms. The van der Waals surface area contributed by atoms with Crippen molar-refractivity contribution in [3.63, 3.8) is 0 Å². The molecule has 1 aromatic rings. The largest absolute Gasteiger partial charge is 0.442 e. The highest BCUT2D eigenvalue weighted by molar-refractivity contribution is 5.90. The van der Waals surface area contributed by atoms with E-state index in [1.54, 1.807) is 0 Å². The van der Waals surface area contributed by atoms with Gasteiger partial charge in [-0.15, -0.1) is 0 Å². The highest BCUT2D eigenvalue weighted by Crippen LogP contribution is 2.28. The maximum Gasteiger partial charge on any atom is 0.414 e. The first kappa shape index (κ1) is 6.51. The molecule has 8 heteroatoms. The highest BCUT2D eigenvalue weighted by atomic mass is 19.1. The molecule has 2 aliphatic heterocycles. The second-order valence-corrected chi connectivity index (χ2v) is 4.39. The molecular formula is C16H20FN3O4. The Hall–Kier alpha value is -2.35. The molecule has 0 aliphatic carbocycles. The molecule has 24 heavy (non-hydrogen) atoms. The number of morpholine rings is 1. The number of carbonyl (C=O) groups is 2. The number of hydrogen-bond acceptors (Lipinski definition) is 5. The van der Waals surface area contributed by atoms with Crippen LogP contribution in [0.4, 0.5) is 20.6 Å². The van der Waals surface area contributed by atoms with Crippen LogP contribution in [0.2, 0.25) is 1.41 Å². The third-order valence-electron chi connectivity index (χ3n) is 2.75. The molecule has 2 heterocycles. The molecule has 0 radical (unpaired) electrons. The molecule has 7 nitrogen and oxygen atoms in total. The minimum atomic E-state index is -3.58. The average molecular weight is 351 g/mol. The van der Waals surface area contributed by atoms with Gasteiger partial charge in [0.05, 0.1) is 55.3 Å². The van der Waals surface area contributed by atoms with Crippen LogP contribution in [-0.2, 0) is 14.3 Å². The van der Waals surface area contributed by atoms with Gasteiger partial charge in [0.25, 0.3) is 0 Å². The number of halogens is 1. The van der Waals surface area contributed by atoms with Gasteiger partial charge in [-0.2, -0.15) is 0 Å². The van der Waals surface area contributed by atoms with Crippen molar-refractivity contribution in [1.29, 1.82) is 0 Å². The number of benzene rings is 1. The number of rotatable bonds is 4. The Morgan fingerprint density at radius 3 is 3.00 bits per heavy atom. The number of amides is 2. The predicted octanol–water partition coefficient (Wildman–Crippen LogP) is 1.12. The third-order valence-corrected chi connectivity index (χ3v) is 2.75. The molecule has 2 aliphatic rings. The van der Waals surface area contributed by atoms with E-state index in [9.17, 15) is 9.59 Å². The van der Waals surface area contributed by atoms with Crippen molar-refractivity contribution < 1.29 is 42.7 Å². The van der Waals surface area contributed by atoms with Crippen molar-refractivity contribution >= 4 is 23.4 Å². The van der Waals surface area contributed by atoms with E-state index in [-0.39, 0.29) is 9.80 Å². The summed E-state index contributed by atoms with van der Waals surface area (Å²) >= 11 is 0. The van der Waals surface area contributed by atoms with Crippen molar-refractivity contribution in [3.8, 4) is 0 Å². The van der Waals surface area contributed by atoms with Gasteiger partial charge in [0.15, 0.2) is 1.41 Å². The van der Waals surface area contributed by atoms with E-state index in [1.807, 2.05) is 0 Å². The number of nitrogens with zero attached hydrogens (tertiary/aromatic N) is 2. The second kappa shape index (κ2) is 7.04. The highest BCUT2D eigenvalue weighted by Gasteiger charge is 2.32. The maximum absolute atomic E-state index is 15.4. The van der Waals surface area contributed by atoms with Crippen molar-refractivity contribution in [2.45, 2.75) is 13.0 Å². The van der Waals surface area contributed by atoms with E-state index < -0.39 is 79.7 Å². The summed E-state index contributed by atoms with van der Waals surface area (Å²) in [5.41, 5.74) is -1.82. The summed E-state index contributed by atoms with van der Waals surface area (Å²) in [4.78, 5) is 23.9. The van der Waals surface area contributed by atoms with Crippen LogP contribution >= 0.6 is 0 Å². The molecule has 2 fully saturated rings. The fourth-order valence-electron chi connectivity index (χ4n) is 1.78. The lowest BCUT2D eigenvalue weighted by molar-refractivity contribution is -0.119. The minimum absolute atomic E-state index is 0.0141. The summed E-state index contributed by atoms with van der Waals surface area (Å²) in [6.45, 7) is -20.4. The molecule has 1 aromatic carbocycles. The zero-order valence-electron chi connectivity index (χ0n) is 26.1. The van der Waals surface area contributed by atoms with Crippen LogP contribution in [0.15, 0.2) is 18.2 Å². The molecule has 130 valence electrons. The number of ether oxygens (including phenoxy) is 2. The number of hydrogen-bond donors (Lipinski definition) is 1.